The fourth-order valence-electron chi connectivity index (χ4n) is 2.96. The van der Waals surface area contributed by atoms with Gasteiger partial charge < -0.3 is 5.73 Å². The first-order chi connectivity index (χ1) is 10.4. The summed E-state index contributed by atoms with van der Waals surface area (Å²) < 4.78 is 25.7. The molecule has 3 nitrogen and oxygen atoms in total. The second-order valence-electron chi connectivity index (χ2n) is 5.69. The monoisotopic (exact) mass is 331 g/mol. The van der Waals surface area contributed by atoms with Gasteiger partial charge >= 0.3 is 0 Å². The lowest BCUT2D eigenvalue weighted by molar-refractivity contribution is 0.593. The first-order valence-corrected chi connectivity index (χ1v) is 9.03. The zero-order chi connectivity index (χ0) is 15.9. The first kappa shape index (κ1) is 15.2. The molecule has 3 atom stereocenters. The summed E-state index contributed by atoms with van der Waals surface area (Å²) in [7, 11) is -3.43. The second kappa shape index (κ2) is 5.48. The van der Waals surface area contributed by atoms with Crippen molar-refractivity contribution in [3.63, 3.8) is 0 Å². The van der Waals surface area contributed by atoms with E-state index in [0.29, 0.717) is 4.90 Å². The number of benzene rings is 2. The predicted molar refractivity (Wildman–Crippen MR) is 91.6 cm³/mol. The molecule has 0 amide bonds. The minimum Gasteiger partial charge on any atom is -0.393 e. The quantitative estimate of drug-likeness (QED) is 0.875. The van der Waals surface area contributed by atoms with Gasteiger partial charge in [-0.15, -0.1) is 0 Å². The van der Waals surface area contributed by atoms with E-state index in [2.05, 4.69) is 0 Å². The van der Waals surface area contributed by atoms with E-state index < -0.39 is 15.1 Å². The van der Waals surface area contributed by atoms with Gasteiger partial charge in [-0.25, -0.2) is 8.42 Å². The lowest BCUT2D eigenvalue weighted by Crippen LogP contribution is -2.17. The van der Waals surface area contributed by atoms with E-state index in [9.17, 15) is 8.42 Å². The largest absolute Gasteiger partial charge is 0.393 e. The topological polar surface area (TPSA) is 60.2 Å². The summed E-state index contributed by atoms with van der Waals surface area (Å²) in [6.45, 7) is 2.00. The highest BCUT2D eigenvalue weighted by molar-refractivity contribution is 7.92. The van der Waals surface area contributed by atoms with Crippen LogP contribution in [-0.4, -0.2) is 18.7 Å². The molecule has 1 aliphatic carbocycles. The molecule has 1 fully saturated rings. The third-order valence-corrected chi connectivity index (χ3v) is 6.68. The fourth-order valence-corrected chi connectivity index (χ4v) is 5.51. The Kier molecular flexibility index (Phi) is 3.78. The molecule has 0 aliphatic heterocycles. The van der Waals surface area contributed by atoms with Gasteiger partial charge in [0.05, 0.1) is 15.1 Å². The van der Waals surface area contributed by atoms with Crippen molar-refractivity contribution in [2.75, 3.05) is 0 Å². The standard InChI is InChI=1S/C17H17NO2S2/c1-11-7-9-12(10-8-11)14-15(17(18)21)16(14)22(19,20)13-5-3-2-4-6-13/h2-10,14-16H,1H3,(H2,18,21)/t14-,15-,16-/m1/s1. The van der Waals surface area contributed by atoms with Crippen LogP contribution in [0.25, 0.3) is 0 Å². The van der Waals surface area contributed by atoms with Crippen molar-refractivity contribution in [2.24, 2.45) is 11.7 Å². The summed E-state index contributed by atoms with van der Waals surface area (Å²) in [4.78, 5) is 0.603. The van der Waals surface area contributed by atoms with E-state index in [1.165, 1.54) is 0 Å². The van der Waals surface area contributed by atoms with Crippen LogP contribution in [0.1, 0.15) is 17.0 Å². The first-order valence-electron chi connectivity index (χ1n) is 7.08. The van der Waals surface area contributed by atoms with Gasteiger partial charge in [0.15, 0.2) is 9.84 Å². The van der Waals surface area contributed by atoms with Crippen LogP contribution in [0.15, 0.2) is 59.5 Å². The molecule has 0 saturated heterocycles. The number of thiocarbonyl (C=S) groups is 1. The van der Waals surface area contributed by atoms with Gasteiger partial charge in [0.1, 0.15) is 0 Å². The van der Waals surface area contributed by atoms with Gasteiger partial charge in [-0.1, -0.05) is 60.2 Å². The van der Waals surface area contributed by atoms with Crippen molar-refractivity contribution >= 4 is 27.0 Å². The number of aryl methyl sites for hydroxylation is 1. The molecule has 0 radical (unpaired) electrons. The Morgan fingerprint density at radius 1 is 1.05 bits per heavy atom. The van der Waals surface area contributed by atoms with Crippen LogP contribution in [-0.2, 0) is 9.84 Å². The number of rotatable bonds is 4. The van der Waals surface area contributed by atoms with Crippen molar-refractivity contribution in [3.8, 4) is 0 Å². The van der Waals surface area contributed by atoms with Gasteiger partial charge in [0, 0.05) is 11.8 Å². The molecule has 2 N–H and O–H groups in total. The molecule has 1 aliphatic rings. The Balaban J connectivity index is 1.99. The highest BCUT2D eigenvalue weighted by Gasteiger charge is 2.60. The summed E-state index contributed by atoms with van der Waals surface area (Å²) >= 11 is 5.09. The van der Waals surface area contributed by atoms with Gasteiger partial charge in [-0.05, 0) is 24.6 Å². The van der Waals surface area contributed by atoms with E-state index in [4.69, 9.17) is 18.0 Å². The van der Waals surface area contributed by atoms with Crippen LogP contribution in [0.4, 0.5) is 0 Å². The maximum atomic E-state index is 12.8. The van der Waals surface area contributed by atoms with Crippen molar-refractivity contribution in [3.05, 3.63) is 65.7 Å². The van der Waals surface area contributed by atoms with Gasteiger partial charge in [-0.2, -0.15) is 0 Å². The molecule has 22 heavy (non-hydrogen) atoms. The minimum absolute atomic E-state index is 0.150. The van der Waals surface area contributed by atoms with Gasteiger partial charge in [0.2, 0.25) is 0 Å². The summed E-state index contributed by atoms with van der Waals surface area (Å²) in [5.74, 6) is -0.439. The van der Waals surface area contributed by atoms with E-state index in [-0.39, 0.29) is 16.8 Å². The molecule has 114 valence electrons. The Labute approximate surface area is 136 Å². The average molecular weight is 331 g/mol. The Bertz CT molecular complexity index is 798. The highest BCUT2D eigenvalue weighted by Crippen LogP contribution is 2.54. The molecule has 5 heteroatoms. The molecule has 3 rings (SSSR count). The molecule has 0 unspecified atom stereocenters. The molecular formula is C17H17NO2S2. The molecular weight excluding hydrogens is 314 g/mol. The third-order valence-electron chi connectivity index (χ3n) is 4.17. The summed E-state index contributed by atoms with van der Waals surface area (Å²) in [6.07, 6.45) is 0. The van der Waals surface area contributed by atoms with Crippen molar-refractivity contribution < 1.29 is 8.42 Å². The number of hydrogen-bond acceptors (Lipinski definition) is 3. The smallest absolute Gasteiger partial charge is 0.182 e. The van der Waals surface area contributed by atoms with Crippen LogP contribution in [0.2, 0.25) is 0 Å². The second-order valence-corrected chi connectivity index (χ2v) is 8.26. The van der Waals surface area contributed by atoms with Crippen LogP contribution < -0.4 is 5.73 Å². The number of nitrogens with two attached hydrogens (primary N) is 1. The van der Waals surface area contributed by atoms with Crippen molar-refractivity contribution in [2.45, 2.75) is 23.0 Å². The minimum atomic E-state index is -3.43. The van der Waals surface area contributed by atoms with Crippen molar-refractivity contribution in [1.82, 2.24) is 0 Å². The van der Waals surface area contributed by atoms with E-state index in [0.717, 1.165) is 11.1 Å². The maximum Gasteiger partial charge on any atom is 0.182 e. The molecule has 0 spiro atoms. The average Bonchev–Trinajstić information content (AvgIpc) is 3.25. The third kappa shape index (κ3) is 2.55. The summed E-state index contributed by atoms with van der Waals surface area (Å²) in [6, 6.07) is 16.4. The number of hydrogen-bond donors (Lipinski definition) is 1. The Hall–Kier alpha value is -1.72. The zero-order valence-corrected chi connectivity index (χ0v) is 13.8. The van der Waals surface area contributed by atoms with E-state index in [1.807, 2.05) is 31.2 Å². The van der Waals surface area contributed by atoms with E-state index >= 15 is 0 Å². The molecule has 2 aromatic rings. The molecule has 2 aromatic carbocycles. The van der Waals surface area contributed by atoms with E-state index in [1.54, 1.807) is 30.3 Å². The van der Waals surface area contributed by atoms with Gasteiger partial charge in [0.25, 0.3) is 0 Å². The predicted octanol–water partition coefficient (Wildman–Crippen LogP) is 2.84. The SMILES string of the molecule is Cc1ccc([C@@H]2[C@@H](C(N)=S)[C@@H]2S(=O)(=O)c2ccccc2)cc1. The van der Waals surface area contributed by atoms with Crippen LogP contribution in [0.3, 0.4) is 0 Å². The number of sulfone groups is 1. The Morgan fingerprint density at radius 3 is 2.18 bits per heavy atom. The van der Waals surface area contributed by atoms with Gasteiger partial charge in [-0.3, -0.25) is 0 Å². The molecule has 0 heterocycles. The molecule has 1 saturated carbocycles. The van der Waals surface area contributed by atoms with Crippen LogP contribution in [0, 0.1) is 12.8 Å². The lowest BCUT2D eigenvalue weighted by atomic mass is 10.1. The molecule has 0 aromatic heterocycles. The Morgan fingerprint density at radius 2 is 1.64 bits per heavy atom. The fraction of sp³-hybridized carbons (Fsp3) is 0.235. The maximum absolute atomic E-state index is 12.8. The summed E-state index contributed by atoms with van der Waals surface area (Å²) in [5.41, 5.74) is 7.90. The van der Waals surface area contributed by atoms with Crippen molar-refractivity contribution in [1.29, 1.82) is 0 Å². The van der Waals surface area contributed by atoms with Crippen LogP contribution >= 0.6 is 12.2 Å². The lowest BCUT2D eigenvalue weighted by Gasteiger charge is -2.04. The highest BCUT2D eigenvalue weighted by atomic mass is 32.2. The normalized spacial score (nSPS) is 24.0. The summed E-state index contributed by atoms with van der Waals surface area (Å²) in [5, 5.41) is -0.560. The molecule has 0 bridgehead atoms. The zero-order valence-electron chi connectivity index (χ0n) is 12.1. The van der Waals surface area contributed by atoms with Crippen LogP contribution in [0.5, 0.6) is 0 Å².